The molecule has 0 spiro atoms. The van der Waals surface area contributed by atoms with E-state index in [0.29, 0.717) is 0 Å². The van der Waals surface area contributed by atoms with Crippen LogP contribution in [0.5, 0.6) is 5.75 Å². The zero-order chi connectivity index (χ0) is 14.7. The monoisotopic (exact) mass is 297 g/mol. The third kappa shape index (κ3) is 2.91. The Morgan fingerprint density at radius 3 is 2.40 bits per heavy atom. The molecule has 2 rings (SSSR count). The third-order valence-electron chi connectivity index (χ3n) is 2.64. The van der Waals surface area contributed by atoms with Gasteiger partial charge in [0.15, 0.2) is 11.6 Å². The Morgan fingerprint density at radius 2 is 1.70 bits per heavy atom. The highest BCUT2D eigenvalue weighted by Crippen LogP contribution is 2.23. The zero-order valence-electron chi connectivity index (χ0n) is 10.2. The molecule has 0 saturated heterocycles. The average molecular weight is 297 g/mol. The molecule has 0 saturated carbocycles. The van der Waals surface area contributed by atoms with Gasteiger partial charge in [-0.1, -0.05) is 30.4 Å². The van der Waals surface area contributed by atoms with Gasteiger partial charge >= 0.3 is 0 Å². The molecule has 2 N–H and O–H groups in total. The van der Waals surface area contributed by atoms with Crippen LogP contribution in [0.25, 0.3) is 0 Å². The number of nitrogens with two attached hydrogens (primary N) is 1. The lowest BCUT2D eigenvalue weighted by Gasteiger charge is -2.12. The van der Waals surface area contributed by atoms with Crippen LogP contribution in [0, 0.1) is 17.5 Å². The molecule has 0 aliphatic carbocycles. The number of halogens is 3. The number of hydrogen-bond donors (Lipinski definition) is 1. The number of ether oxygens (including phenoxy) is 1. The standard InChI is InChI=1S/C14H10F3NOS/c15-9-4-2-6-11(12(9)14(18)20)19-7-8-3-1-5-10(16)13(8)17/h1-6H,7H2,(H2,18,20). The first-order valence-electron chi connectivity index (χ1n) is 5.64. The lowest BCUT2D eigenvalue weighted by Crippen LogP contribution is -2.14. The second-order valence-corrected chi connectivity index (χ2v) is 4.42. The van der Waals surface area contributed by atoms with E-state index in [1.54, 1.807) is 0 Å². The molecule has 0 radical (unpaired) electrons. The van der Waals surface area contributed by atoms with Crippen LogP contribution in [0.15, 0.2) is 36.4 Å². The van der Waals surface area contributed by atoms with Crippen LogP contribution in [-0.4, -0.2) is 4.99 Å². The second kappa shape index (κ2) is 5.92. The van der Waals surface area contributed by atoms with Crippen molar-refractivity contribution in [2.45, 2.75) is 6.61 Å². The van der Waals surface area contributed by atoms with Gasteiger partial charge in [0.2, 0.25) is 0 Å². The van der Waals surface area contributed by atoms with Crippen molar-refractivity contribution in [3.8, 4) is 5.75 Å². The highest BCUT2D eigenvalue weighted by Gasteiger charge is 2.14. The number of rotatable bonds is 4. The maximum atomic E-state index is 13.6. The van der Waals surface area contributed by atoms with Gasteiger partial charge in [-0.15, -0.1) is 0 Å². The van der Waals surface area contributed by atoms with Crippen LogP contribution >= 0.6 is 12.2 Å². The number of thiocarbonyl (C=S) groups is 1. The first kappa shape index (κ1) is 14.3. The maximum Gasteiger partial charge on any atom is 0.165 e. The third-order valence-corrected chi connectivity index (χ3v) is 2.84. The van der Waals surface area contributed by atoms with Crippen molar-refractivity contribution >= 4 is 17.2 Å². The lowest BCUT2D eigenvalue weighted by molar-refractivity contribution is 0.295. The second-order valence-electron chi connectivity index (χ2n) is 3.98. The normalized spacial score (nSPS) is 10.3. The molecule has 0 unspecified atom stereocenters. The molecule has 0 bridgehead atoms. The molecule has 2 nitrogen and oxygen atoms in total. The van der Waals surface area contributed by atoms with Gasteiger partial charge in [-0.05, 0) is 18.2 Å². The van der Waals surface area contributed by atoms with Gasteiger partial charge in [0.25, 0.3) is 0 Å². The van der Waals surface area contributed by atoms with Crippen LogP contribution in [0.4, 0.5) is 13.2 Å². The van der Waals surface area contributed by atoms with E-state index >= 15 is 0 Å². The SMILES string of the molecule is NC(=S)c1c(F)cccc1OCc1cccc(F)c1F. The van der Waals surface area contributed by atoms with Gasteiger partial charge < -0.3 is 10.5 Å². The fourth-order valence-electron chi connectivity index (χ4n) is 1.68. The predicted molar refractivity (Wildman–Crippen MR) is 73.0 cm³/mol. The molecule has 20 heavy (non-hydrogen) atoms. The van der Waals surface area contributed by atoms with Crippen molar-refractivity contribution in [2.75, 3.05) is 0 Å². The predicted octanol–water partition coefficient (Wildman–Crippen LogP) is 3.32. The summed E-state index contributed by atoms with van der Waals surface area (Å²) in [6.45, 7) is -0.261. The van der Waals surface area contributed by atoms with Crippen molar-refractivity contribution in [1.82, 2.24) is 0 Å². The van der Waals surface area contributed by atoms with Crippen molar-refractivity contribution < 1.29 is 17.9 Å². The van der Waals surface area contributed by atoms with Crippen molar-refractivity contribution in [2.24, 2.45) is 5.73 Å². The van der Waals surface area contributed by atoms with Gasteiger partial charge in [-0.3, -0.25) is 0 Å². The summed E-state index contributed by atoms with van der Waals surface area (Å²) in [6, 6.07) is 7.78. The summed E-state index contributed by atoms with van der Waals surface area (Å²) >= 11 is 4.74. The van der Waals surface area contributed by atoms with Crippen LogP contribution in [0.3, 0.4) is 0 Å². The quantitative estimate of drug-likeness (QED) is 0.879. The van der Waals surface area contributed by atoms with E-state index in [9.17, 15) is 13.2 Å². The summed E-state index contributed by atoms with van der Waals surface area (Å²) in [7, 11) is 0. The number of hydrogen-bond acceptors (Lipinski definition) is 2. The maximum absolute atomic E-state index is 13.6. The lowest BCUT2D eigenvalue weighted by atomic mass is 10.2. The molecule has 0 fully saturated rings. The highest BCUT2D eigenvalue weighted by atomic mass is 32.1. The Kier molecular flexibility index (Phi) is 4.24. The molecule has 0 aromatic heterocycles. The molecular weight excluding hydrogens is 287 g/mol. The van der Waals surface area contributed by atoms with Gasteiger partial charge in [-0.2, -0.15) is 0 Å². The first-order chi connectivity index (χ1) is 9.50. The van der Waals surface area contributed by atoms with E-state index in [2.05, 4.69) is 0 Å². The van der Waals surface area contributed by atoms with E-state index in [0.717, 1.165) is 6.07 Å². The Balaban J connectivity index is 2.26. The average Bonchev–Trinajstić information content (AvgIpc) is 2.40. The van der Waals surface area contributed by atoms with Crippen LogP contribution in [-0.2, 0) is 6.61 Å². The summed E-state index contributed by atoms with van der Waals surface area (Å²) in [5.74, 6) is -2.52. The first-order valence-corrected chi connectivity index (χ1v) is 6.05. The van der Waals surface area contributed by atoms with E-state index < -0.39 is 17.5 Å². The molecule has 0 aliphatic rings. The van der Waals surface area contributed by atoms with Gasteiger partial charge in [-0.25, -0.2) is 13.2 Å². The number of benzene rings is 2. The molecule has 6 heteroatoms. The van der Waals surface area contributed by atoms with Crippen LogP contribution in [0.1, 0.15) is 11.1 Å². The molecular formula is C14H10F3NOS. The fourth-order valence-corrected chi connectivity index (χ4v) is 1.88. The van der Waals surface area contributed by atoms with E-state index in [1.165, 1.54) is 30.3 Å². The van der Waals surface area contributed by atoms with Gasteiger partial charge in [0, 0.05) is 5.56 Å². The molecule has 2 aromatic rings. The Hall–Kier alpha value is -2.08. The van der Waals surface area contributed by atoms with Crippen molar-refractivity contribution in [1.29, 1.82) is 0 Å². The Morgan fingerprint density at radius 1 is 1.05 bits per heavy atom. The minimum Gasteiger partial charge on any atom is -0.488 e. The summed E-state index contributed by atoms with van der Waals surface area (Å²) in [6.07, 6.45) is 0. The fraction of sp³-hybridized carbons (Fsp3) is 0.0714. The van der Waals surface area contributed by atoms with Crippen LogP contribution < -0.4 is 10.5 Å². The van der Waals surface area contributed by atoms with Gasteiger partial charge in [0.1, 0.15) is 23.2 Å². The largest absolute Gasteiger partial charge is 0.488 e. The van der Waals surface area contributed by atoms with Gasteiger partial charge in [0.05, 0.1) is 5.56 Å². The minimum absolute atomic E-state index is 0.0168. The zero-order valence-corrected chi connectivity index (χ0v) is 11.0. The van der Waals surface area contributed by atoms with E-state index in [-0.39, 0.29) is 28.5 Å². The summed E-state index contributed by atoms with van der Waals surface area (Å²) in [4.78, 5) is -0.169. The smallest absolute Gasteiger partial charge is 0.165 e. The molecule has 0 heterocycles. The summed E-state index contributed by atoms with van der Waals surface area (Å²) in [5.41, 5.74) is 5.38. The Bertz CT molecular complexity index is 661. The van der Waals surface area contributed by atoms with E-state index in [4.69, 9.17) is 22.7 Å². The Labute approximate surface area is 119 Å². The van der Waals surface area contributed by atoms with E-state index in [1.807, 2.05) is 0 Å². The topological polar surface area (TPSA) is 35.2 Å². The molecule has 104 valence electrons. The van der Waals surface area contributed by atoms with Crippen LogP contribution in [0.2, 0.25) is 0 Å². The molecule has 0 amide bonds. The molecule has 0 atom stereocenters. The molecule has 0 aliphatic heterocycles. The van der Waals surface area contributed by atoms with Crippen molar-refractivity contribution in [3.63, 3.8) is 0 Å². The summed E-state index contributed by atoms with van der Waals surface area (Å²) < 4.78 is 45.4. The minimum atomic E-state index is -0.999. The highest BCUT2D eigenvalue weighted by molar-refractivity contribution is 7.80. The molecule has 2 aromatic carbocycles. The van der Waals surface area contributed by atoms with Crippen molar-refractivity contribution in [3.05, 3.63) is 65.0 Å². The summed E-state index contributed by atoms with van der Waals surface area (Å²) in [5, 5.41) is 0.